The molecule has 150 valence electrons. The van der Waals surface area contributed by atoms with E-state index in [1.807, 2.05) is 18.3 Å². The molecule has 29 heavy (non-hydrogen) atoms. The highest BCUT2D eigenvalue weighted by Gasteiger charge is 2.30. The largest absolute Gasteiger partial charge is 0.356 e. The number of carbonyl (C=O) groups is 2. The standard InChI is InChI=1S/C20H22N6O3/c27-19(24-16(20(28)25-29)13-4-2-1-3-5-13)14-7-10-26(11-8-14)18-15-6-9-21-17(15)22-12-23-18/h1-6,9,12,14,16,29H,7-8,10-11H2,(H,24,27)(H,25,28)(H,21,22,23)/t16-/m1/s1. The number of aromatic nitrogens is 3. The number of nitrogens with one attached hydrogen (secondary N) is 3. The molecule has 1 saturated heterocycles. The summed E-state index contributed by atoms with van der Waals surface area (Å²) in [7, 11) is 0. The third-order valence-corrected chi connectivity index (χ3v) is 5.29. The van der Waals surface area contributed by atoms with E-state index in [1.54, 1.807) is 29.7 Å². The Balaban J connectivity index is 1.42. The zero-order valence-electron chi connectivity index (χ0n) is 15.7. The maximum absolute atomic E-state index is 12.8. The zero-order chi connectivity index (χ0) is 20.2. The topological polar surface area (TPSA) is 123 Å². The molecule has 4 rings (SSSR count). The van der Waals surface area contributed by atoms with Gasteiger partial charge in [0.25, 0.3) is 5.91 Å². The van der Waals surface area contributed by atoms with Crippen LogP contribution in [0.15, 0.2) is 48.9 Å². The Morgan fingerprint density at radius 2 is 1.90 bits per heavy atom. The lowest BCUT2D eigenvalue weighted by molar-refractivity contribution is -0.136. The summed E-state index contributed by atoms with van der Waals surface area (Å²) < 4.78 is 0. The molecule has 3 aromatic rings. The second-order valence-electron chi connectivity index (χ2n) is 7.03. The van der Waals surface area contributed by atoms with E-state index < -0.39 is 11.9 Å². The molecule has 0 spiro atoms. The van der Waals surface area contributed by atoms with E-state index in [4.69, 9.17) is 5.21 Å². The van der Waals surface area contributed by atoms with Gasteiger partial charge < -0.3 is 15.2 Å². The van der Waals surface area contributed by atoms with E-state index in [1.165, 1.54) is 6.33 Å². The Morgan fingerprint density at radius 1 is 1.14 bits per heavy atom. The van der Waals surface area contributed by atoms with Crippen LogP contribution in [0.2, 0.25) is 0 Å². The Morgan fingerprint density at radius 3 is 2.62 bits per heavy atom. The number of benzene rings is 1. The molecule has 1 fully saturated rings. The van der Waals surface area contributed by atoms with Gasteiger partial charge in [-0.1, -0.05) is 30.3 Å². The number of hydrogen-bond donors (Lipinski definition) is 4. The van der Waals surface area contributed by atoms with Crippen molar-refractivity contribution in [3.63, 3.8) is 0 Å². The monoisotopic (exact) mass is 394 g/mol. The lowest BCUT2D eigenvalue weighted by Crippen LogP contribution is -2.45. The van der Waals surface area contributed by atoms with E-state index >= 15 is 0 Å². The molecule has 9 nitrogen and oxygen atoms in total. The molecular weight excluding hydrogens is 372 g/mol. The van der Waals surface area contributed by atoms with Crippen molar-refractivity contribution in [3.05, 3.63) is 54.5 Å². The molecule has 2 aromatic heterocycles. The number of piperidine rings is 1. The summed E-state index contributed by atoms with van der Waals surface area (Å²) in [5.41, 5.74) is 3.04. The van der Waals surface area contributed by atoms with Gasteiger partial charge >= 0.3 is 0 Å². The number of hydroxylamine groups is 1. The molecule has 1 aromatic carbocycles. The maximum atomic E-state index is 12.8. The first-order valence-corrected chi connectivity index (χ1v) is 9.49. The fourth-order valence-corrected chi connectivity index (χ4v) is 3.73. The molecule has 0 radical (unpaired) electrons. The molecular formula is C20H22N6O3. The minimum absolute atomic E-state index is 0.198. The second kappa shape index (κ2) is 8.27. The van der Waals surface area contributed by atoms with Crippen LogP contribution >= 0.6 is 0 Å². The van der Waals surface area contributed by atoms with E-state index in [0.29, 0.717) is 31.5 Å². The summed E-state index contributed by atoms with van der Waals surface area (Å²) in [6.45, 7) is 1.36. The van der Waals surface area contributed by atoms with Crippen LogP contribution < -0.4 is 15.7 Å². The molecule has 1 aliphatic heterocycles. The van der Waals surface area contributed by atoms with Crippen molar-refractivity contribution in [2.24, 2.45) is 5.92 Å². The highest BCUT2D eigenvalue weighted by atomic mass is 16.5. The number of anilines is 1. The first kappa shape index (κ1) is 18.9. The Kier molecular flexibility index (Phi) is 5.39. The average Bonchev–Trinajstić information content (AvgIpc) is 3.26. The third kappa shape index (κ3) is 3.90. The number of rotatable bonds is 5. The molecule has 1 aliphatic rings. The van der Waals surface area contributed by atoms with Crippen LogP contribution in [-0.4, -0.2) is 45.1 Å². The fourth-order valence-electron chi connectivity index (χ4n) is 3.73. The molecule has 0 unspecified atom stereocenters. The molecule has 0 saturated carbocycles. The van der Waals surface area contributed by atoms with Gasteiger partial charge in [0, 0.05) is 25.2 Å². The van der Waals surface area contributed by atoms with Crippen molar-refractivity contribution in [1.82, 2.24) is 25.7 Å². The van der Waals surface area contributed by atoms with Gasteiger partial charge in [-0.2, -0.15) is 0 Å². The molecule has 2 amide bonds. The molecule has 4 N–H and O–H groups in total. The van der Waals surface area contributed by atoms with E-state index in [0.717, 1.165) is 16.9 Å². The zero-order valence-corrected chi connectivity index (χ0v) is 15.7. The van der Waals surface area contributed by atoms with Crippen molar-refractivity contribution in [2.75, 3.05) is 18.0 Å². The van der Waals surface area contributed by atoms with Gasteiger partial charge in [0.05, 0.1) is 5.39 Å². The highest BCUT2D eigenvalue weighted by Crippen LogP contribution is 2.27. The van der Waals surface area contributed by atoms with Crippen molar-refractivity contribution < 1.29 is 14.8 Å². The molecule has 0 aliphatic carbocycles. The first-order valence-electron chi connectivity index (χ1n) is 9.49. The number of H-pyrrole nitrogens is 1. The molecule has 0 bridgehead atoms. The predicted octanol–water partition coefficient (Wildman–Crippen LogP) is 1.54. The minimum atomic E-state index is -0.937. The van der Waals surface area contributed by atoms with Crippen LogP contribution in [0, 0.1) is 5.92 Å². The Bertz CT molecular complexity index is 998. The Hall–Kier alpha value is -3.46. The lowest BCUT2D eigenvalue weighted by atomic mass is 9.94. The minimum Gasteiger partial charge on any atom is -0.356 e. The van der Waals surface area contributed by atoms with Gasteiger partial charge in [-0.3, -0.25) is 14.8 Å². The second-order valence-corrected chi connectivity index (χ2v) is 7.03. The van der Waals surface area contributed by atoms with Gasteiger partial charge in [0.2, 0.25) is 5.91 Å². The first-order chi connectivity index (χ1) is 14.2. The van der Waals surface area contributed by atoms with E-state index in [9.17, 15) is 9.59 Å². The fraction of sp³-hybridized carbons (Fsp3) is 0.300. The van der Waals surface area contributed by atoms with Crippen molar-refractivity contribution >= 4 is 28.7 Å². The van der Waals surface area contributed by atoms with Crippen molar-refractivity contribution in [1.29, 1.82) is 0 Å². The van der Waals surface area contributed by atoms with Crippen LogP contribution in [0.3, 0.4) is 0 Å². The maximum Gasteiger partial charge on any atom is 0.270 e. The van der Waals surface area contributed by atoms with Crippen LogP contribution in [0.1, 0.15) is 24.4 Å². The van der Waals surface area contributed by atoms with Crippen molar-refractivity contribution in [2.45, 2.75) is 18.9 Å². The lowest BCUT2D eigenvalue weighted by Gasteiger charge is -2.33. The summed E-state index contributed by atoms with van der Waals surface area (Å²) >= 11 is 0. The van der Waals surface area contributed by atoms with Crippen LogP contribution in [0.25, 0.3) is 11.0 Å². The number of aromatic amines is 1. The van der Waals surface area contributed by atoms with Crippen LogP contribution in [-0.2, 0) is 9.59 Å². The third-order valence-electron chi connectivity index (χ3n) is 5.29. The SMILES string of the molecule is O=C(N[C@@H](C(=O)NO)c1ccccc1)C1CCN(c2ncnc3[nH]ccc23)CC1. The van der Waals surface area contributed by atoms with Crippen LogP contribution in [0.4, 0.5) is 5.82 Å². The summed E-state index contributed by atoms with van der Waals surface area (Å²) in [5.74, 6) is -0.223. The quantitative estimate of drug-likeness (QED) is 0.384. The van der Waals surface area contributed by atoms with Gasteiger partial charge in [0.1, 0.15) is 23.8 Å². The number of nitrogens with zero attached hydrogens (tertiary/aromatic N) is 3. The summed E-state index contributed by atoms with van der Waals surface area (Å²) in [6, 6.07) is 9.86. The summed E-state index contributed by atoms with van der Waals surface area (Å²) in [6.07, 6.45) is 4.65. The summed E-state index contributed by atoms with van der Waals surface area (Å²) in [5, 5.41) is 12.8. The average molecular weight is 394 g/mol. The number of carbonyl (C=O) groups excluding carboxylic acids is 2. The van der Waals surface area contributed by atoms with E-state index in [2.05, 4.69) is 25.2 Å². The number of amides is 2. The predicted molar refractivity (Wildman–Crippen MR) is 106 cm³/mol. The Labute approximate surface area is 167 Å². The smallest absolute Gasteiger partial charge is 0.270 e. The van der Waals surface area contributed by atoms with Gasteiger partial charge in [0.15, 0.2) is 0 Å². The normalized spacial score (nSPS) is 15.8. The van der Waals surface area contributed by atoms with E-state index in [-0.39, 0.29) is 11.8 Å². The molecule has 1 atom stereocenters. The summed E-state index contributed by atoms with van der Waals surface area (Å²) in [4.78, 5) is 38.7. The highest BCUT2D eigenvalue weighted by molar-refractivity contribution is 5.89. The number of hydrogen-bond acceptors (Lipinski definition) is 6. The molecule has 3 heterocycles. The number of fused-ring (bicyclic) bond motifs is 1. The van der Waals surface area contributed by atoms with Gasteiger partial charge in [-0.05, 0) is 24.5 Å². The van der Waals surface area contributed by atoms with Gasteiger partial charge in [-0.15, -0.1) is 0 Å². The molecule has 9 heteroatoms. The van der Waals surface area contributed by atoms with Gasteiger partial charge in [-0.25, -0.2) is 15.4 Å². The van der Waals surface area contributed by atoms with Crippen LogP contribution in [0.5, 0.6) is 0 Å². The van der Waals surface area contributed by atoms with Crippen molar-refractivity contribution in [3.8, 4) is 0 Å².